The standard InChI is InChI=1S/C22H14F12O4/c23-17(24,15(35)37-11-13-7-3-1-4-8-13)19(27,28)21(31,32)22(33,34)20(29,30)18(25,26)16(36)38-12-14-9-5-2-6-10-14/h1-10H,11-12H2. The summed E-state index contributed by atoms with van der Waals surface area (Å²) in [6.45, 7) is -2.54. The number of alkyl halides is 12. The van der Waals surface area contributed by atoms with Gasteiger partial charge in [-0.2, -0.15) is 52.7 Å². The molecule has 0 amide bonds. The van der Waals surface area contributed by atoms with Crippen LogP contribution >= 0.6 is 0 Å². The summed E-state index contributed by atoms with van der Waals surface area (Å²) < 4.78 is 175. The van der Waals surface area contributed by atoms with Crippen molar-refractivity contribution < 1.29 is 71.7 Å². The Labute approximate surface area is 205 Å². The number of hydrogen-bond acceptors (Lipinski definition) is 4. The van der Waals surface area contributed by atoms with E-state index in [2.05, 4.69) is 9.47 Å². The van der Waals surface area contributed by atoms with Crippen molar-refractivity contribution in [3.05, 3.63) is 71.8 Å². The van der Waals surface area contributed by atoms with Crippen LogP contribution in [0.15, 0.2) is 60.7 Å². The van der Waals surface area contributed by atoms with E-state index >= 15 is 0 Å². The maximum atomic E-state index is 14.0. The first-order valence-electron chi connectivity index (χ1n) is 9.94. The molecule has 0 fully saturated rings. The molecular formula is C22H14F12O4. The summed E-state index contributed by atoms with van der Waals surface area (Å²) in [7, 11) is 0. The smallest absolute Gasteiger partial charge is 0.410 e. The average molecular weight is 570 g/mol. The number of carbonyl (C=O) groups is 2. The predicted molar refractivity (Wildman–Crippen MR) is 102 cm³/mol. The summed E-state index contributed by atoms with van der Waals surface area (Å²) in [5.41, 5.74) is -0.338. The van der Waals surface area contributed by atoms with E-state index in [0.29, 0.717) is 0 Å². The van der Waals surface area contributed by atoms with Gasteiger partial charge in [-0.1, -0.05) is 60.7 Å². The number of ether oxygens (including phenoxy) is 2. The molecule has 0 aliphatic rings. The lowest BCUT2D eigenvalue weighted by Crippen LogP contribution is -2.72. The van der Waals surface area contributed by atoms with E-state index in [9.17, 15) is 62.3 Å². The molecule has 2 aromatic rings. The third-order valence-electron chi connectivity index (χ3n) is 4.91. The fourth-order valence-corrected chi connectivity index (χ4v) is 2.67. The van der Waals surface area contributed by atoms with Crippen LogP contribution in [-0.4, -0.2) is 47.5 Å². The second-order valence-corrected chi connectivity index (χ2v) is 7.57. The van der Waals surface area contributed by atoms with E-state index in [1.165, 1.54) is 36.4 Å². The highest BCUT2D eigenvalue weighted by atomic mass is 19.4. The van der Waals surface area contributed by atoms with Gasteiger partial charge in [-0.25, -0.2) is 9.59 Å². The number of halogens is 12. The molecule has 16 heteroatoms. The maximum absolute atomic E-state index is 14.0. The molecule has 0 aromatic heterocycles. The first kappa shape index (κ1) is 30.8. The van der Waals surface area contributed by atoms with Gasteiger partial charge in [-0.3, -0.25) is 0 Å². The lowest BCUT2D eigenvalue weighted by Gasteiger charge is -2.40. The number of carbonyl (C=O) groups excluding carboxylic acids is 2. The van der Waals surface area contributed by atoms with Gasteiger partial charge in [0.05, 0.1) is 0 Å². The molecule has 0 radical (unpaired) electrons. The Morgan fingerprint density at radius 1 is 0.474 bits per heavy atom. The highest BCUT2D eigenvalue weighted by molar-refractivity contribution is 5.80. The second-order valence-electron chi connectivity index (χ2n) is 7.57. The molecule has 0 N–H and O–H groups in total. The lowest BCUT2D eigenvalue weighted by molar-refractivity contribution is -0.417. The van der Waals surface area contributed by atoms with Crippen LogP contribution in [0.1, 0.15) is 11.1 Å². The lowest BCUT2D eigenvalue weighted by atomic mass is 9.91. The van der Waals surface area contributed by atoms with E-state index in [1.807, 2.05) is 0 Å². The number of rotatable bonds is 11. The molecule has 4 nitrogen and oxygen atoms in total. The van der Waals surface area contributed by atoms with E-state index in [-0.39, 0.29) is 11.1 Å². The van der Waals surface area contributed by atoms with Gasteiger partial charge in [0.2, 0.25) is 0 Å². The third kappa shape index (κ3) is 5.12. The Hall–Kier alpha value is -3.46. The highest BCUT2D eigenvalue weighted by Crippen LogP contribution is 2.60. The number of esters is 2. The van der Waals surface area contributed by atoms with Crippen molar-refractivity contribution in [1.29, 1.82) is 0 Å². The zero-order valence-corrected chi connectivity index (χ0v) is 18.4. The molecular weight excluding hydrogens is 556 g/mol. The van der Waals surface area contributed by atoms with Crippen LogP contribution in [0, 0.1) is 0 Å². The molecule has 38 heavy (non-hydrogen) atoms. The van der Waals surface area contributed by atoms with Gasteiger partial charge in [0.15, 0.2) is 0 Å². The van der Waals surface area contributed by atoms with Crippen LogP contribution in [0.4, 0.5) is 52.7 Å². The molecule has 0 bridgehead atoms. The van der Waals surface area contributed by atoms with Crippen LogP contribution in [0.3, 0.4) is 0 Å². The Balaban J connectivity index is 2.32. The van der Waals surface area contributed by atoms with E-state index < -0.39 is 60.7 Å². The minimum atomic E-state index is -8.05. The summed E-state index contributed by atoms with van der Waals surface area (Å²) in [6.07, 6.45) is 0. The van der Waals surface area contributed by atoms with Crippen LogP contribution in [0.25, 0.3) is 0 Å². The number of benzene rings is 2. The molecule has 0 atom stereocenters. The quantitative estimate of drug-likeness (QED) is 0.236. The summed E-state index contributed by atoms with van der Waals surface area (Å²) in [5.74, 6) is -52.6. The zero-order chi connectivity index (χ0) is 29.2. The van der Waals surface area contributed by atoms with Gasteiger partial charge in [0.1, 0.15) is 13.2 Å². The molecule has 0 aliphatic carbocycles. The third-order valence-corrected chi connectivity index (χ3v) is 4.91. The minimum absolute atomic E-state index is 0.169. The van der Waals surface area contributed by atoms with Crippen molar-refractivity contribution in [3.63, 3.8) is 0 Å². The van der Waals surface area contributed by atoms with E-state index in [4.69, 9.17) is 0 Å². The van der Waals surface area contributed by atoms with E-state index in [0.717, 1.165) is 24.3 Å². The minimum Gasteiger partial charge on any atom is -0.456 e. The fraction of sp³-hybridized carbons (Fsp3) is 0.364. The normalized spacial score (nSPS) is 13.7. The molecule has 0 heterocycles. The summed E-state index contributed by atoms with van der Waals surface area (Å²) in [4.78, 5) is 22.8. The van der Waals surface area contributed by atoms with Crippen LogP contribution < -0.4 is 0 Å². The largest absolute Gasteiger partial charge is 0.456 e. The van der Waals surface area contributed by atoms with Gasteiger partial charge in [0, 0.05) is 0 Å². The topological polar surface area (TPSA) is 52.6 Å². The molecule has 2 rings (SSSR count). The predicted octanol–water partition coefficient (Wildman–Crippen LogP) is 6.29. The highest BCUT2D eigenvalue weighted by Gasteiger charge is 2.92. The van der Waals surface area contributed by atoms with Gasteiger partial charge < -0.3 is 9.47 Å². The van der Waals surface area contributed by atoms with Crippen molar-refractivity contribution in [3.8, 4) is 0 Å². The van der Waals surface area contributed by atoms with Crippen molar-refractivity contribution in [2.24, 2.45) is 0 Å². The second kappa shape index (κ2) is 10.4. The monoisotopic (exact) mass is 570 g/mol. The number of hydrogen-bond donors (Lipinski definition) is 0. The molecule has 0 aliphatic heterocycles. The Bertz CT molecular complexity index is 1030. The Kier molecular flexibility index (Phi) is 8.39. The van der Waals surface area contributed by atoms with Crippen molar-refractivity contribution in [2.75, 3.05) is 0 Å². The van der Waals surface area contributed by atoms with Gasteiger partial charge in [0.25, 0.3) is 0 Å². The molecule has 0 unspecified atom stereocenters. The van der Waals surface area contributed by atoms with Crippen LogP contribution in [0.2, 0.25) is 0 Å². The van der Waals surface area contributed by atoms with Crippen molar-refractivity contribution >= 4 is 11.9 Å². The summed E-state index contributed by atoms with van der Waals surface area (Å²) in [6, 6.07) is 12.0. The summed E-state index contributed by atoms with van der Waals surface area (Å²) in [5, 5.41) is 0. The first-order valence-corrected chi connectivity index (χ1v) is 9.94. The van der Waals surface area contributed by atoms with Crippen molar-refractivity contribution in [2.45, 2.75) is 48.7 Å². The van der Waals surface area contributed by atoms with Crippen LogP contribution in [-0.2, 0) is 32.3 Å². The van der Waals surface area contributed by atoms with Crippen molar-refractivity contribution in [1.82, 2.24) is 0 Å². The molecule has 0 spiro atoms. The first-order chi connectivity index (χ1) is 17.2. The Morgan fingerprint density at radius 2 is 0.737 bits per heavy atom. The molecule has 210 valence electrons. The maximum Gasteiger partial charge on any atom is 0.410 e. The fourth-order valence-electron chi connectivity index (χ4n) is 2.67. The molecule has 0 saturated carbocycles. The van der Waals surface area contributed by atoms with Gasteiger partial charge in [-0.05, 0) is 11.1 Å². The van der Waals surface area contributed by atoms with Crippen LogP contribution in [0.5, 0.6) is 0 Å². The van der Waals surface area contributed by atoms with Gasteiger partial charge in [-0.15, -0.1) is 0 Å². The molecule has 0 saturated heterocycles. The zero-order valence-electron chi connectivity index (χ0n) is 18.4. The van der Waals surface area contributed by atoms with E-state index in [1.54, 1.807) is 0 Å². The average Bonchev–Trinajstić information content (AvgIpc) is 2.86. The summed E-state index contributed by atoms with van der Waals surface area (Å²) >= 11 is 0. The molecule has 2 aromatic carbocycles. The van der Waals surface area contributed by atoms with Gasteiger partial charge >= 0.3 is 47.5 Å². The SMILES string of the molecule is O=C(OCc1ccccc1)C(F)(F)C(F)(F)C(F)(F)C(F)(F)C(F)(F)C(F)(F)C(=O)OCc1ccccc1. The Morgan fingerprint density at radius 3 is 1.00 bits per heavy atom.